The molecule has 9 nitrogen and oxygen atoms in total. The van der Waals surface area contributed by atoms with Gasteiger partial charge in [0.2, 0.25) is 11.8 Å². The predicted octanol–water partition coefficient (Wildman–Crippen LogP) is 4.87. The minimum Gasteiger partial charge on any atom is -0.466 e. The van der Waals surface area contributed by atoms with E-state index in [0.717, 1.165) is 17.5 Å². The van der Waals surface area contributed by atoms with Gasteiger partial charge >= 0.3 is 12.1 Å². The maximum atomic E-state index is 14.3. The molecule has 0 saturated carbocycles. The Morgan fingerprint density at radius 1 is 0.976 bits per heavy atom. The lowest BCUT2D eigenvalue weighted by Crippen LogP contribution is -2.54. The van der Waals surface area contributed by atoms with Crippen LogP contribution in [0.15, 0.2) is 54.6 Å². The van der Waals surface area contributed by atoms with Crippen molar-refractivity contribution in [2.75, 3.05) is 19.7 Å². The van der Waals surface area contributed by atoms with Gasteiger partial charge in [-0.1, -0.05) is 73.5 Å². The van der Waals surface area contributed by atoms with Crippen LogP contribution in [0.1, 0.15) is 76.6 Å². The van der Waals surface area contributed by atoms with E-state index in [-0.39, 0.29) is 26.0 Å². The molecule has 0 spiro atoms. The number of nitrogens with one attached hydrogen (secondary N) is 2. The van der Waals surface area contributed by atoms with E-state index in [1.165, 1.54) is 4.90 Å². The van der Waals surface area contributed by atoms with Crippen LogP contribution in [0.2, 0.25) is 0 Å². The third kappa shape index (κ3) is 11.6. The number of rotatable bonds is 14. The summed E-state index contributed by atoms with van der Waals surface area (Å²) in [5.41, 5.74) is 1.67. The fourth-order valence-electron chi connectivity index (χ4n) is 4.33. The van der Waals surface area contributed by atoms with Gasteiger partial charge in [-0.15, -0.1) is 0 Å². The van der Waals surface area contributed by atoms with Crippen LogP contribution in [0.4, 0.5) is 4.79 Å². The average molecular weight is 568 g/mol. The van der Waals surface area contributed by atoms with Crippen molar-refractivity contribution >= 4 is 23.9 Å². The first-order valence-corrected chi connectivity index (χ1v) is 14.3. The van der Waals surface area contributed by atoms with Crippen LogP contribution in [0.5, 0.6) is 0 Å². The summed E-state index contributed by atoms with van der Waals surface area (Å²) in [6, 6.07) is 14.9. The number of ether oxygens (including phenoxy) is 2. The molecule has 2 aromatic carbocycles. The quantitative estimate of drug-likeness (QED) is 0.315. The number of esters is 1. The molecule has 0 saturated heterocycles. The number of hydrogen-bond acceptors (Lipinski definition) is 6. The monoisotopic (exact) mass is 567 g/mol. The van der Waals surface area contributed by atoms with Gasteiger partial charge in [0.25, 0.3) is 0 Å². The molecule has 2 atom stereocenters. The van der Waals surface area contributed by atoms with Crippen molar-refractivity contribution in [1.29, 1.82) is 0 Å². The molecule has 2 N–H and O–H groups in total. The van der Waals surface area contributed by atoms with Gasteiger partial charge in [0.05, 0.1) is 13.0 Å². The van der Waals surface area contributed by atoms with Crippen LogP contribution in [0, 0.1) is 6.92 Å². The van der Waals surface area contributed by atoms with Crippen molar-refractivity contribution in [1.82, 2.24) is 15.5 Å². The Morgan fingerprint density at radius 3 is 2.29 bits per heavy atom. The molecule has 3 amide bonds. The van der Waals surface area contributed by atoms with Crippen LogP contribution >= 0.6 is 0 Å². The largest absolute Gasteiger partial charge is 0.466 e. The van der Waals surface area contributed by atoms with E-state index in [2.05, 4.69) is 10.6 Å². The van der Waals surface area contributed by atoms with E-state index in [1.807, 2.05) is 68.4 Å². The summed E-state index contributed by atoms with van der Waals surface area (Å²) in [7, 11) is 0. The van der Waals surface area contributed by atoms with E-state index < -0.39 is 41.6 Å². The molecule has 0 bridgehead atoms. The van der Waals surface area contributed by atoms with E-state index in [4.69, 9.17) is 9.47 Å². The van der Waals surface area contributed by atoms with Gasteiger partial charge in [-0.3, -0.25) is 14.4 Å². The minimum absolute atomic E-state index is 0.0137. The van der Waals surface area contributed by atoms with E-state index in [0.29, 0.717) is 18.5 Å². The van der Waals surface area contributed by atoms with Crippen molar-refractivity contribution in [3.63, 3.8) is 0 Å². The number of carbonyl (C=O) groups excluding carboxylic acids is 4. The van der Waals surface area contributed by atoms with E-state index in [9.17, 15) is 19.2 Å². The molecule has 0 aliphatic rings. The fourth-order valence-corrected chi connectivity index (χ4v) is 4.33. The molecule has 0 radical (unpaired) electrons. The van der Waals surface area contributed by atoms with Crippen molar-refractivity contribution in [2.24, 2.45) is 0 Å². The highest BCUT2D eigenvalue weighted by atomic mass is 16.6. The van der Waals surface area contributed by atoms with Gasteiger partial charge in [0, 0.05) is 19.5 Å². The molecule has 0 aliphatic heterocycles. The van der Waals surface area contributed by atoms with Gasteiger partial charge in [0.1, 0.15) is 17.7 Å². The van der Waals surface area contributed by atoms with Crippen molar-refractivity contribution in [3.8, 4) is 0 Å². The fraction of sp³-hybridized carbons (Fsp3) is 0.500. The topological polar surface area (TPSA) is 114 Å². The first kappa shape index (κ1) is 33.3. The lowest BCUT2D eigenvalue weighted by molar-refractivity contribution is -0.144. The zero-order valence-corrected chi connectivity index (χ0v) is 25.2. The highest BCUT2D eigenvalue weighted by Crippen LogP contribution is 2.25. The summed E-state index contributed by atoms with van der Waals surface area (Å²) >= 11 is 0. The number of nitrogens with zero attached hydrogens (tertiary/aromatic N) is 1. The summed E-state index contributed by atoms with van der Waals surface area (Å²) in [5, 5.41) is 5.58. The predicted molar refractivity (Wildman–Crippen MR) is 158 cm³/mol. The van der Waals surface area contributed by atoms with Gasteiger partial charge in [-0.05, 0) is 52.2 Å². The van der Waals surface area contributed by atoms with Gasteiger partial charge in [-0.2, -0.15) is 0 Å². The van der Waals surface area contributed by atoms with Gasteiger partial charge in [-0.25, -0.2) is 4.79 Å². The second-order valence-electron chi connectivity index (χ2n) is 10.9. The zero-order valence-electron chi connectivity index (χ0n) is 25.2. The molecular weight excluding hydrogens is 522 g/mol. The normalized spacial score (nSPS) is 12.5. The molecule has 0 aromatic heterocycles. The second-order valence-corrected chi connectivity index (χ2v) is 10.9. The third-order valence-electron chi connectivity index (χ3n) is 6.16. The Labute approximate surface area is 244 Å². The molecule has 41 heavy (non-hydrogen) atoms. The molecule has 224 valence electrons. The second kappa shape index (κ2) is 16.4. The van der Waals surface area contributed by atoms with Crippen LogP contribution in [0.25, 0.3) is 0 Å². The first-order chi connectivity index (χ1) is 19.4. The molecular formula is C32H45N3O6. The van der Waals surface area contributed by atoms with Crippen molar-refractivity contribution in [3.05, 3.63) is 71.3 Å². The van der Waals surface area contributed by atoms with Crippen molar-refractivity contribution in [2.45, 2.75) is 84.9 Å². The van der Waals surface area contributed by atoms with Crippen LogP contribution in [-0.2, 0) is 30.3 Å². The number of carbonyl (C=O) groups is 4. The molecule has 9 heteroatoms. The maximum absolute atomic E-state index is 14.3. The van der Waals surface area contributed by atoms with Crippen LogP contribution in [0.3, 0.4) is 0 Å². The standard InChI is InChI=1S/C32H45N3O6/c1-7-9-20-35(28(25-17-13-14-23(3)21-25)29(37)33-19-18-27(36)40-8-2)30(38)26(22-24-15-11-10-12-16-24)34-31(39)41-32(4,5)6/h10-17,21,26,28H,7-9,18-20,22H2,1-6H3,(H,33,37)(H,34,39). The smallest absolute Gasteiger partial charge is 0.408 e. The lowest BCUT2D eigenvalue weighted by atomic mass is 9.98. The Bertz CT molecular complexity index is 1150. The van der Waals surface area contributed by atoms with Crippen LogP contribution in [-0.4, -0.2) is 60.1 Å². The lowest BCUT2D eigenvalue weighted by Gasteiger charge is -2.34. The molecule has 2 rings (SSSR count). The summed E-state index contributed by atoms with van der Waals surface area (Å²) in [6.07, 6.45) is 0.951. The summed E-state index contributed by atoms with van der Waals surface area (Å²) in [6.45, 7) is 11.5. The number of hydrogen-bond donors (Lipinski definition) is 2. The molecule has 2 aromatic rings. The maximum Gasteiger partial charge on any atom is 0.408 e. The summed E-state index contributed by atoms with van der Waals surface area (Å²) in [5.74, 6) is -1.23. The molecule has 2 unspecified atom stereocenters. The minimum atomic E-state index is -0.983. The summed E-state index contributed by atoms with van der Waals surface area (Å²) in [4.78, 5) is 54.3. The number of benzene rings is 2. The van der Waals surface area contributed by atoms with E-state index >= 15 is 0 Å². The Morgan fingerprint density at radius 2 is 1.68 bits per heavy atom. The Hall–Kier alpha value is -3.88. The van der Waals surface area contributed by atoms with Gasteiger partial charge < -0.3 is 25.0 Å². The number of amides is 3. The Kier molecular flexibility index (Phi) is 13.3. The number of aryl methyl sites for hydroxylation is 1. The molecule has 0 fully saturated rings. The average Bonchev–Trinajstić information content (AvgIpc) is 2.90. The van der Waals surface area contributed by atoms with E-state index in [1.54, 1.807) is 27.7 Å². The SMILES string of the molecule is CCCCN(C(=O)C(Cc1ccccc1)NC(=O)OC(C)(C)C)C(C(=O)NCCC(=O)OCC)c1cccc(C)c1. The molecule has 0 aliphatic carbocycles. The van der Waals surface area contributed by atoms with Crippen molar-refractivity contribution < 1.29 is 28.7 Å². The first-order valence-electron chi connectivity index (χ1n) is 14.3. The van der Waals surface area contributed by atoms with Crippen LogP contribution < -0.4 is 10.6 Å². The highest BCUT2D eigenvalue weighted by Gasteiger charge is 2.36. The third-order valence-corrected chi connectivity index (χ3v) is 6.16. The summed E-state index contributed by atoms with van der Waals surface area (Å²) < 4.78 is 10.5. The highest BCUT2D eigenvalue weighted by molar-refractivity contribution is 5.92. The molecule has 0 heterocycles. The number of unbranched alkanes of at least 4 members (excludes halogenated alkanes) is 1. The number of alkyl carbamates (subject to hydrolysis) is 1. The van der Waals surface area contributed by atoms with Gasteiger partial charge in [0.15, 0.2) is 0 Å². The zero-order chi connectivity index (χ0) is 30.4. The Balaban J connectivity index is 2.47.